The Labute approximate surface area is 194 Å². The Bertz CT molecular complexity index is 1180. The molecule has 0 heterocycles. The molecule has 0 saturated carbocycles. The average Bonchev–Trinajstić information content (AvgIpc) is 2.79. The van der Waals surface area contributed by atoms with Crippen molar-refractivity contribution in [1.29, 1.82) is 0 Å². The van der Waals surface area contributed by atoms with E-state index in [0.717, 1.165) is 22.0 Å². The fraction of sp³-hybridized carbons (Fsp3) is 0.240. The van der Waals surface area contributed by atoms with Crippen LogP contribution in [-0.4, -0.2) is 27.5 Å². The molecule has 33 heavy (non-hydrogen) atoms. The lowest BCUT2D eigenvalue weighted by molar-refractivity contribution is -0.114. The molecule has 3 aromatic carbocycles. The van der Waals surface area contributed by atoms with Crippen LogP contribution in [0.2, 0.25) is 0 Å². The third-order valence-corrected chi connectivity index (χ3v) is 6.77. The Balaban J connectivity index is 1.87. The van der Waals surface area contributed by atoms with E-state index in [1.807, 2.05) is 19.1 Å². The normalized spacial score (nSPS) is 11.3. The zero-order valence-electron chi connectivity index (χ0n) is 18.8. The highest BCUT2D eigenvalue weighted by atomic mass is 32.2. The first-order valence-corrected chi connectivity index (χ1v) is 12.1. The Morgan fingerprint density at radius 2 is 1.58 bits per heavy atom. The lowest BCUT2D eigenvalue weighted by atomic mass is 10.0. The van der Waals surface area contributed by atoms with Crippen molar-refractivity contribution in [2.75, 3.05) is 22.8 Å². The Morgan fingerprint density at radius 3 is 2.12 bits per heavy atom. The molecular weight excluding hydrogens is 443 g/mol. The first kappa shape index (κ1) is 24.3. The van der Waals surface area contributed by atoms with Gasteiger partial charge in [-0.25, -0.2) is 12.8 Å². The second kappa shape index (κ2) is 10.5. The molecule has 0 unspecified atom stereocenters. The predicted molar refractivity (Wildman–Crippen MR) is 128 cm³/mol. The number of halogens is 1. The van der Waals surface area contributed by atoms with Crippen molar-refractivity contribution in [3.05, 3.63) is 84.2 Å². The number of carbonyl (C=O) groups excluding carboxylic acids is 1. The molecular formula is C25H27FN2O4S. The van der Waals surface area contributed by atoms with E-state index in [-0.39, 0.29) is 10.6 Å². The number of hydrogen-bond acceptors (Lipinski definition) is 4. The molecule has 0 radical (unpaired) electrons. The van der Waals surface area contributed by atoms with Crippen LogP contribution in [0.1, 0.15) is 32.3 Å². The number of carbonyl (C=O) groups is 1. The highest BCUT2D eigenvalue weighted by Crippen LogP contribution is 2.26. The standard InChI is InChI=1S/C25H27FN2O4S/c1-4-32-23-13-15-24(16-14-23)33(30,31)28(22-11-7-20(26)8-12-22)17-25(29)27-21-9-5-19(6-10-21)18(2)3/h5-16,18H,4,17H2,1-3H3,(H,27,29). The van der Waals surface area contributed by atoms with Crippen LogP contribution in [0.3, 0.4) is 0 Å². The van der Waals surface area contributed by atoms with Gasteiger partial charge in [-0.1, -0.05) is 26.0 Å². The maximum atomic E-state index is 13.5. The van der Waals surface area contributed by atoms with Gasteiger partial charge in [0.2, 0.25) is 5.91 Å². The first-order chi connectivity index (χ1) is 15.7. The molecule has 0 saturated heterocycles. The number of amides is 1. The van der Waals surface area contributed by atoms with Crippen LogP contribution in [0.5, 0.6) is 5.75 Å². The number of nitrogens with zero attached hydrogens (tertiary/aromatic N) is 1. The van der Waals surface area contributed by atoms with Crippen molar-refractivity contribution in [3.63, 3.8) is 0 Å². The number of sulfonamides is 1. The van der Waals surface area contributed by atoms with E-state index in [2.05, 4.69) is 19.2 Å². The molecule has 0 spiro atoms. The van der Waals surface area contributed by atoms with Gasteiger partial charge >= 0.3 is 0 Å². The molecule has 0 bridgehead atoms. The predicted octanol–water partition coefficient (Wildman–Crippen LogP) is 5.18. The van der Waals surface area contributed by atoms with Crippen LogP contribution in [0.15, 0.2) is 77.7 Å². The first-order valence-electron chi connectivity index (χ1n) is 10.6. The van der Waals surface area contributed by atoms with Gasteiger partial charge in [-0.15, -0.1) is 0 Å². The minimum absolute atomic E-state index is 0.00985. The number of anilines is 2. The van der Waals surface area contributed by atoms with Crippen molar-refractivity contribution in [2.45, 2.75) is 31.6 Å². The van der Waals surface area contributed by atoms with Crippen LogP contribution in [0.4, 0.5) is 15.8 Å². The van der Waals surface area contributed by atoms with Gasteiger partial charge in [0.1, 0.15) is 18.1 Å². The maximum Gasteiger partial charge on any atom is 0.264 e. The van der Waals surface area contributed by atoms with Crippen LogP contribution < -0.4 is 14.4 Å². The van der Waals surface area contributed by atoms with Crippen LogP contribution in [0.25, 0.3) is 0 Å². The third kappa shape index (κ3) is 6.10. The van der Waals surface area contributed by atoms with E-state index >= 15 is 0 Å². The number of ether oxygens (including phenoxy) is 1. The van der Waals surface area contributed by atoms with Crippen molar-refractivity contribution < 1.29 is 22.3 Å². The van der Waals surface area contributed by atoms with E-state index in [4.69, 9.17) is 4.74 Å². The molecule has 0 aromatic heterocycles. The van der Waals surface area contributed by atoms with Gasteiger partial charge in [0.25, 0.3) is 10.0 Å². The summed E-state index contributed by atoms with van der Waals surface area (Å²) >= 11 is 0. The monoisotopic (exact) mass is 470 g/mol. The van der Waals surface area contributed by atoms with Crippen molar-refractivity contribution in [2.24, 2.45) is 0 Å². The molecule has 0 atom stereocenters. The molecule has 3 aromatic rings. The van der Waals surface area contributed by atoms with Crippen LogP contribution >= 0.6 is 0 Å². The van der Waals surface area contributed by atoms with Gasteiger partial charge in [-0.2, -0.15) is 0 Å². The Kier molecular flexibility index (Phi) is 7.71. The SMILES string of the molecule is CCOc1ccc(S(=O)(=O)N(CC(=O)Nc2ccc(C(C)C)cc2)c2ccc(F)cc2)cc1. The zero-order chi connectivity index (χ0) is 24.0. The Hall–Kier alpha value is -3.39. The van der Waals surface area contributed by atoms with Crippen molar-refractivity contribution >= 4 is 27.3 Å². The summed E-state index contributed by atoms with van der Waals surface area (Å²) in [5, 5.41) is 2.73. The Morgan fingerprint density at radius 1 is 0.970 bits per heavy atom. The molecule has 174 valence electrons. The molecule has 0 aliphatic rings. The van der Waals surface area contributed by atoms with E-state index in [9.17, 15) is 17.6 Å². The minimum atomic E-state index is -4.11. The number of rotatable bonds is 9. The quantitative estimate of drug-likeness (QED) is 0.467. The smallest absolute Gasteiger partial charge is 0.264 e. The summed E-state index contributed by atoms with van der Waals surface area (Å²) in [6.07, 6.45) is 0. The van der Waals surface area contributed by atoms with E-state index in [1.165, 1.54) is 24.3 Å². The number of nitrogens with one attached hydrogen (secondary N) is 1. The minimum Gasteiger partial charge on any atom is -0.494 e. The van der Waals surface area contributed by atoms with Gasteiger partial charge in [0.05, 0.1) is 17.2 Å². The molecule has 0 aliphatic heterocycles. The summed E-state index contributed by atoms with van der Waals surface area (Å²) in [6, 6.07) is 18.3. The van der Waals surface area contributed by atoms with Gasteiger partial charge in [0.15, 0.2) is 0 Å². The molecule has 0 fully saturated rings. The summed E-state index contributed by atoms with van der Waals surface area (Å²) in [6.45, 7) is 5.94. The summed E-state index contributed by atoms with van der Waals surface area (Å²) in [5.41, 5.74) is 1.86. The molecule has 0 aliphatic carbocycles. The molecule has 1 amide bonds. The lowest BCUT2D eigenvalue weighted by Gasteiger charge is -2.24. The summed E-state index contributed by atoms with van der Waals surface area (Å²) in [7, 11) is -4.11. The molecule has 6 nitrogen and oxygen atoms in total. The van der Waals surface area contributed by atoms with E-state index < -0.39 is 28.3 Å². The van der Waals surface area contributed by atoms with E-state index in [1.54, 1.807) is 24.3 Å². The average molecular weight is 471 g/mol. The topological polar surface area (TPSA) is 75.7 Å². The van der Waals surface area contributed by atoms with Crippen LogP contribution in [-0.2, 0) is 14.8 Å². The third-order valence-electron chi connectivity index (χ3n) is 4.99. The summed E-state index contributed by atoms with van der Waals surface area (Å²) in [4.78, 5) is 12.8. The van der Waals surface area contributed by atoms with Gasteiger partial charge in [-0.05, 0) is 79.1 Å². The maximum absolute atomic E-state index is 13.5. The zero-order valence-corrected chi connectivity index (χ0v) is 19.6. The molecule has 1 N–H and O–H groups in total. The van der Waals surface area contributed by atoms with Crippen molar-refractivity contribution in [1.82, 2.24) is 0 Å². The second-order valence-corrected chi connectivity index (χ2v) is 9.58. The second-order valence-electron chi connectivity index (χ2n) is 7.72. The van der Waals surface area contributed by atoms with E-state index in [0.29, 0.717) is 24.0 Å². The number of benzene rings is 3. The summed E-state index contributed by atoms with van der Waals surface area (Å²) < 4.78 is 46.6. The number of hydrogen-bond donors (Lipinski definition) is 1. The molecule has 8 heteroatoms. The largest absolute Gasteiger partial charge is 0.494 e. The van der Waals surface area contributed by atoms with Gasteiger partial charge in [-0.3, -0.25) is 9.10 Å². The highest BCUT2D eigenvalue weighted by molar-refractivity contribution is 7.92. The molecule has 3 rings (SSSR count). The fourth-order valence-corrected chi connectivity index (χ4v) is 4.63. The summed E-state index contributed by atoms with van der Waals surface area (Å²) in [5.74, 6) is -0.145. The highest BCUT2D eigenvalue weighted by Gasteiger charge is 2.27. The van der Waals surface area contributed by atoms with Crippen LogP contribution in [0, 0.1) is 5.82 Å². The van der Waals surface area contributed by atoms with Gasteiger partial charge < -0.3 is 10.1 Å². The fourth-order valence-electron chi connectivity index (χ4n) is 3.21. The van der Waals surface area contributed by atoms with Crippen molar-refractivity contribution in [3.8, 4) is 5.75 Å². The van der Waals surface area contributed by atoms with Gasteiger partial charge in [0, 0.05) is 5.69 Å². The lowest BCUT2D eigenvalue weighted by Crippen LogP contribution is -2.38.